The maximum Gasteiger partial charge on any atom is 0.226 e. The molecule has 1 aromatic carbocycles. The van der Waals surface area contributed by atoms with Crippen LogP contribution in [0.2, 0.25) is 0 Å². The lowest BCUT2D eigenvalue weighted by Crippen LogP contribution is -2.51. The molecule has 0 unspecified atom stereocenters. The summed E-state index contributed by atoms with van der Waals surface area (Å²) in [5, 5.41) is 0. The Bertz CT molecular complexity index is 464. The zero-order valence-electron chi connectivity index (χ0n) is 13.2. The Labute approximate surface area is 127 Å². The highest BCUT2D eigenvalue weighted by molar-refractivity contribution is 5.79. The van der Waals surface area contributed by atoms with Crippen LogP contribution in [0.3, 0.4) is 0 Å². The Balaban J connectivity index is 1.83. The fourth-order valence-corrected chi connectivity index (χ4v) is 2.42. The van der Waals surface area contributed by atoms with E-state index in [0.717, 1.165) is 24.2 Å². The van der Waals surface area contributed by atoms with Crippen molar-refractivity contribution in [1.29, 1.82) is 0 Å². The van der Waals surface area contributed by atoms with Crippen molar-refractivity contribution in [3.05, 3.63) is 29.8 Å². The van der Waals surface area contributed by atoms with Gasteiger partial charge in [0.15, 0.2) is 0 Å². The minimum absolute atomic E-state index is 0.155. The first-order valence-electron chi connectivity index (χ1n) is 7.68. The number of carbonyl (C=O) groups excluding carboxylic acids is 1. The second kappa shape index (κ2) is 6.94. The Morgan fingerprint density at radius 1 is 1.33 bits per heavy atom. The van der Waals surface area contributed by atoms with Crippen molar-refractivity contribution in [2.75, 3.05) is 13.7 Å². The lowest BCUT2D eigenvalue weighted by Gasteiger charge is -2.39. The Kier molecular flexibility index (Phi) is 5.23. The van der Waals surface area contributed by atoms with Gasteiger partial charge >= 0.3 is 0 Å². The smallest absolute Gasteiger partial charge is 0.226 e. The standard InChI is InChI=1S/C17H26N2O2/c1-12(2)11-21-16-6-4-13(5-7-16)8-17(20)19(3)15-9-14(18)10-15/h4-7,12,14-15H,8-11,18H2,1-3H3/t14-,15-. The molecule has 0 saturated heterocycles. The lowest BCUT2D eigenvalue weighted by atomic mass is 9.86. The summed E-state index contributed by atoms with van der Waals surface area (Å²) in [4.78, 5) is 14.0. The highest BCUT2D eigenvalue weighted by Crippen LogP contribution is 2.23. The van der Waals surface area contributed by atoms with E-state index in [2.05, 4.69) is 13.8 Å². The number of nitrogens with zero attached hydrogens (tertiary/aromatic N) is 1. The van der Waals surface area contributed by atoms with Crippen molar-refractivity contribution in [2.24, 2.45) is 11.7 Å². The molecule has 2 rings (SSSR count). The van der Waals surface area contributed by atoms with E-state index in [1.807, 2.05) is 36.2 Å². The Hall–Kier alpha value is -1.55. The number of hydrogen-bond donors (Lipinski definition) is 1. The van der Waals surface area contributed by atoms with E-state index >= 15 is 0 Å². The molecule has 1 saturated carbocycles. The zero-order valence-corrected chi connectivity index (χ0v) is 13.2. The SMILES string of the molecule is CC(C)COc1ccc(CC(=O)N(C)[C@H]2C[C@H](N)C2)cc1. The molecule has 0 aromatic heterocycles. The fourth-order valence-electron chi connectivity index (χ4n) is 2.42. The topological polar surface area (TPSA) is 55.6 Å². The van der Waals surface area contributed by atoms with Crippen LogP contribution in [0.15, 0.2) is 24.3 Å². The van der Waals surface area contributed by atoms with Crippen LogP contribution in [0, 0.1) is 5.92 Å². The van der Waals surface area contributed by atoms with E-state index in [-0.39, 0.29) is 11.9 Å². The van der Waals surface area contributed by atoms with Crippen molar-refractivity contribution in [3.63, 3.8) is 0 Å². The van der Waals surface area contributed by atoms with Gasteiger partial charge in [-0.25, -0.2) is 0 Å². The van der Waals surface area contributed by atoms with E-state index < -0.39 is 0 Å². The number of rotatable bonds is 6. The maximum atomic E-state index is 12.2. The molecular formula is C17H26N2O2. The molecular weight excluding hydrogens is 264 g/mol. The molecule has 1 fully saturated rings. The zero-order chi connectivity index (χ0) is 15.4. The molecule has 4 heteroatoms. The molecule has 1 amide bonds. The van der Waals surface area contributed by atoms with Gasteiger partial charge in [-0.2, -0.15) is 0 Å². The van der Waals surface area contributed by atoms with E-state index in [9.17, 15) is 4.79 Å². The summed E-state index contributed by atoms with van der Waals surface area (Å²) in [5.41, 5.74) is 6.79. The normalized spacial score (nSPS) is 21.0. The third kappa shape index (κ3) is 4.46. The predicted molar refractivity (Wildman–Crippen MR) is 84.2 cm³/mol. The van der Waals surface area contributed by atoms with Gasteiger partial charge in [-0.1, -0.05) is 26.0 Å². The summed E-state index contributed by atoms with van der Waals surface area (Å²) in [6.07, 6.45) is 2.28. The van der Waals surface area contributed by atoms with Gasteiger partial charge < -0.3 is 15.4 Å². The lowest BCUT2D eigenvalue weighted by molar-refractivity contribution is -0.133. The maximum absolute atomic E-state index is 12.2. The van der Waals surface area contributed by atoms with E-state index in [1.54, 1.807) is 0 Å². The molecule has 2 N–H and O–H groups in total. The number of nitrogens with two attached hydrogens (primary N) is 1. The van der Waals surface area contributed by atoms with Crippen LogP contribution in [0.25, 0.3) is 0 Å². The second-order valence-electron chi connectivity index (χ2n) is 6.42. The summed E-state index contributed by atoms with van der Waals surface area (Å²) in [7, 11) is 1.87. The third-order valence-corrected chi connectivity index (χ3v) is 3.95. The first-order chi connectivity index (χ1) is 9.95. The molecule has 1 aromatic rings. The predicted octanol–water partition coefficient (Wildman–Crippen LogP) is 2.21. The monoisotopic (exact) mass is 290 g/mol. The van der Waals surface area contributed by atoms with E-state index in [0.29, 0.717) is 25.0 Å². The van der Waals surface area contributed by atoms with Crippen LogP contribution in [0.1, 0.15) is 32.3 Å². The largest absolute Gasteiger partial charge is 0.493 e. The summed E-state index contributed by atoms with van der Waals surface area (Å²) >= 11 is 0. The van der Waals surface area contributed by atoms with Crippen molar-refractivity contribution >= 4 is 5.91 Å². The average Bonchev–Trinajstić information content (AvgIpc) is 2.42. The van der Waals surface area contributed by atoms with Crippen LogP contribution >= 0.6 is 0 Å². The second-order valence-corrected chi connectivity index (χ2v) is 6.42. The number of amides is 1. The number of likely N-dealkylation sites (N-methyl/N-ethyl adjacent to an activating group) is 1. The van der Waals surface area contributed by atoms with Crippen LogP contribution in [-0.2, 0) is 11.2 Å². The van der Waals surface area contributed by atoms with E-state index in [1.165, 1.54) is 0 Å². The molecule has 0 aliphatic heterocycles. The molecule has 1 aliphatic carbocycles. The minimum Gasteiger partial charge on any atom is -0.493 e. The Morgan fingerprint density at radius 3 is 2.48 bits per heavy atom. The number of hydrogen-bond acceptors (Lipinski definition) is 3. The third-order valence-electron chi connectivity index (χ3n) is 3.95. The van der Waals surface area contributed by atoms with Gasteiger partial charge in [0, 0.05) is 19.1 Å². The molecule has 116 valence electrons. The molecule has 0 bridgehead atoms. The highest BCUT2D eigenvalue weighted by atomic mass is 16.5. The number of benzene rings is 1. The Morgan fingerprint density at radius 2 is 1.95 bits per heavy atom. The van der Waals surface area contributed by atoms with E-state index in [4.69, 9.17) is 10.5 Å². The van der Waals surface area contributed by atoms with Gasteiger partial charge in [-0.3, -0.25) is 4.79 Å². The van der Waals surface area contributed by atoms with Crippen molar-refractivity contribution < 1.29 is 9.53 Å². The highest BCUT2D eigenvalue weighted by Gasteiger charge is 2.31. The molecule has 0 spiro atoms. The first kappa shape index (κ1) is 15.8. The van der Waals surface area contributed by atoms with Gasteiger partial charge in [-0.05, 0) is 36.5 Å². The van der Waals surface area contributed by atoms with Gasteiger partial charge in [0.25, 0.3) is 0 Å². The van der Waals surface area contributed by atoms with Gasteiger partial charge in [0.05, 0.1) is 13.0 Å². The van der Waals surface area contributed by atoms with Gasteiger partial charge in [0.2, 0.25) is 5.91 Å². The number of ether oxygens (including phenoxy) is 1. The van der Waals surface area contributed by atoms with Crippen molar-refractivity contribution in [1.82, 2.24) is 4.90 Å². The summed E-state index contributed by atoms with van der Waals surface area (Å²) in [5.74, 6) is 1.52. The molecule has 1 aliphatic rings. The van der Waals surface area contributed by atoms with Crippen LogP contribution in [0.4, 0.5) is 0 Å². The molecule has 21 heavy (non-hydrogen) atoms. The first-order valence-corrected chi connectivity index (χ1v) is 7.68. The number of carbonyl (C=O) groups is 1. The van der Waals surface area contributed by atoms with Crippen molar-refractivity contribution in [3.8, 4) is 5.75 Å². The summed E-state index contributed by atoms with van der Waals surface area (Å²) in [6.45, 7) is 4.95. The van der Waals surface area contributed by atoms with Crippen molar-refractivity contribution in [2.45, 2.75) is 45.2 Å². The van der Waals surface area contributed by atoms with Gasteiger partial charge in [0.1, 0.15) is 5.75 Å². The summed E-state index contributed by atoms with van der Waals surface area (Å²) in [6, 6.07) is 8.39. The molecule has 0 radical (unpaired) electrons. The summed E-state index contributed by atoms with van der Waals surface area (Å²) < 4.78 is 5.64. The van der Waals surface area contributed by atoms with Crippen LogP contribution < -0.4 is 10.5 Å². The fraction of sp³-hybridized carbons (Fsp3) is 0.588. The van der Waals surface area contributed by atoms with Gasteiger partial charge in [-0.15, -0.1) is 0 Å². The molecule has 0 atom stereocenters. The average molecular weight is 290 g/mol. The molecule has 4 nitrogen and oxygen atoms in total. The van der Waals surface area contributed by atoms with Crippen LogP contribution in [-0.4, -0.2) is 36.5 Å². The minimum atomic E-state index is 0.155. The molecule has 0 heterocycles. The quantitative estimate of drug-likeness (QED) is 0.874. The van der Waals surface area contributed by atoms with Crippen LogP contribution in [0.5, 0.6) is 5.75 Å².